The molecule has 0 aliphatic carbocycles. The zero-order valence-corrected chi connectivity index (χ0v) is 12.3. The van der Waals surface area contributed by atoms with E-state index in [1.807, 2.05) is 38.1 Å². The predicted octanol–water partition coefficient (Wildman–Crippen LogP) is 3.28. The molecule has 0 radical (unpaired) electrons. The predicted molar refractivity (Wildman–Crippen MR) is 78.5 cm³/mol. The molecular weight excluding hydrogens is 238 g/mol. The van der Waals surface area contributed by atoms with E-state index in [1.165, 1.54) is 0 Å². The summed E-state index contributed by atoms with van der Waals surface area (Å²) in [5.41, 5.74) is 6.39. The molecular formula is C16H25NO2. The molecule has 1 unspecified atom stereocenters. The molecule has 0 heterocycles. The maximum Gasteiger partial charge on any atom is 0.170 e. The summed E-state index contributed by atoms with van der Waals surface area (Å²) in [7, 11) is 0. The summed E-state index contributed by atoms with van der Waals surface area (Å²) < 4.78 is 5.70. The quantitative estimate of drug-likeness (QED) is 0.768. The van der Waals surface area contributed by atoms with Gasteiger partial charge in [0.2, 0.25) is 0 Å². The Morgan fingerprint density at radius 1 is 1.21 bits per heavy atom. The standard InChI is InChI=1S/C16H25NO2/c1-11(2)9-13(10-17)16(18)14-7-5-6-8-15(14)19-12(3)4/h5-8,11-13H,9-10,17H2,1-4H3. The zero-order valence-electron chi connectivity index (χ0n) is 12.3. The van der Waals surface area contributed by atoms with Crippen LogP contribution in [0.25, 0.3) is 0 Å². The molecule has 1 aromatic carbocycles. The lowest BCUT2D eigenvalue weighted by Crippen LogP contribution is -2.26. The Hall–Kier alpha value is -1.35. The number of Topliss-reactive ketones (excluding diaryl/α,β-unsaturated/α-hetero) is 1. The van der Waals surface area contributed by atoms with Gasteiger partial charge in [-0.25, -0.2) is 0 Å². The Morgan fingerprint density at radius 2 is 1.84 bits per heavy atom. The number of carbonyl (C=O) groups excluding carboxylic acids is 1. The van der Waals surface area contributed by atoms with Crippen LogP contribution in [0.5, 0.6) is 5.75 Å². The van der Waals surface area contributed by atoms with Crippen LogP contribution in [0.3, 0.4) is 0 Å². The first-order chi connectivity index (χ1) is 8.95. The summed E-state index contributed by atoms with van der Waals surface area (Å²) in [6.07, 6.45) is 0.862. The smallest absolute Gasteiger partial charge is 0.170 e. The van der Waals surface area contributed by atoms with Gasteiger partial charge in [0.25, 0.3) is 0 Å². The molecule has 1 atom stereocenters. The van der Waals surface area contributed by atoms with Gasteiger partial charge in [0.1, 0.15) is 5.75 Å². The van der Waals surface area contributed by atoms with E-state index < -0.39 is 0 Å². The van der Waals surface area contributed by atoms with Gasteiger partial charge in [-0.15, -0.1) is 0 Å². The Kier molecular flexibility index (Phi) is 6.03. The van der Waals surface area contributed by atoms with Crippen molar-refractivity contribution < 1.29 is 9.53 Å². The average molecular weight is 263 g/mol. The van der Waals surface area contributed by atoms with Crippen molar-refractivity contribution in [1.82, 2.24) is 0 Å². The summed E-state index contributed by atoms with van der Waals surface area (Å²) in [6.45, 7) is 8.50. The monoisotopic (exact) mass is 263 g/mol. The maximum absolute atomic E-state index is 12.6. The molecule has 0 amide bonds. The van der Waals surface area contributed by atoms with Gasteiger partial charge >= 0.3 is 0 Å². The van der Waals surface area contributed by atoms with Gasteiger partial charge in [0.15, 0.2) is 5.78 Å². The highest BCUT2D eigenvalue weighted by molar-refractivity contribution is 6.00. The van der Waals surface area contributed by atoms with Crippen LogP contribution in [0, 0.1) is 11.8 Å². The molecule has 0 aromatic heterocycles. The van der Waals surface area contributed by atoms with Crippen molar-refractivity contribution in [3.8, 4) is 5.75 Å². The first kappa shape index (κ1) is 15.7. The number of benzene rings is 1. The Balaban J connectivity index is 2.97. The number of hydrogen-bond acceptors (Lipinski definition) is 3. The van der Waals surface area contributed by atoms with E-state index in [0.29, 0.717) is 23.8 Å². The molecule has 2 N–H and O–H groups in total. The van der Waals surface area contributed by atoms with Crippen molar-refractivity contribution in [2.45, 2.75) is 40.2 Å². The molecule has 19 heavy (non-hydrogen) atoms. The number of para-hydroxylation sites is 1. The van der Waals surface area contributed by atoms with E-state index in [2.05, 4.69) is 13.8 Å². The average Bonchev–Trinajstić information content (AvgIpc) is 2.35. The number of ether oxygens (including phenoxy) is 1. The molecule has 0 saturated heterocycles. The number of nitrogens with two attached hydrogens (primary N) is 1. The van der Waals surface area contributed by atoms with E-state index in [1.54, 1.807) is 0 Å². The van der Waals surface area contributed by atoms with Gasteiger partial charge in [0, 0.05) is 12.5 Å². The fourth-order valence-electron chi connectivity index (χ4n) is 2.13. The van der Waals surface area contributed by atoms with E-state index in [9.17, 15) is 4.79 Å². The van der Waals surface area contributed by atoms with Crippen molar-refractivity contribution in [2.75, 3.05) is 6.54 Å². The molecule has 0 fully saturated rings. The third-order valence-electron chi connectivity index (χ3n) is 2.93. The highest BCUT2D eigenvalue weighted by Gasteiger charge is 2.22. The highest BCUT2D eigenvalue weighted by Crippen LogP contribution is 2.25. The van der Waals surface area contributed by atoms with Gasteiger partial charge in [-0.05, 0) is 38.3 Å². The summed E-state index contributed by atoms with van der Waals surface area (Å²) in [5.74, 6) is 1.07. The van der Waals surface area contributed by atoms with E-state index in [4.69, 9.17) is 10.5 Å². The maximum atomic E-state index is 12.6. The van der Waals surface area contributed by atoms with Crippen molar-refractivity contribution >= 4 is 5.78 Å². The van der Waals surface area contributed by atoms with Crippen LogP contribution in [0.2, 0.25) is 0 Å². The Bertz CT molecular complexity index is 413. The lowest BCUT2D eigenvalue weighted by Gasteiger charge is -2.19. The molecule has 3 nitrogen and oxygen atoms in total. The lowest BCUT2D eigenvalue weighted by molar-refractivity contribution is 0.0903. The van der Waals surface area contributed by atoms with Crippen LogP contribution in [0.15, 0.2) is 24.3 Å². The Labute approximate surface area is 116 Å². The van der Waals surface area contributed by atoms with Gasteiger partial charge < -0.3 is 10.5 Å². The van der Waals surface area contributed by atoms with Crippen molar-refractivity contribution in [1.29, 1.82) is 0 Å². The van der Waals surface area contributed by atoms with Crippen LogP contribution in [0.1, 0.15) is 44.5 Å². The van der Waals surface area contributed by atoms with Gasteiger partial charge in [-0.1, -0.05) is 26.0 Å². The van der Waals surface area contributed by atoms with Crippen LogP contribution in [-0.4, -0.2) is 18.4 Å². The molecule has 0 aliphatic rings. The summed E-state index contributed by atoms with van der Waals surface area (Å²) >= 11 is 0. The van der Waals surface area contributed by atoms with E-state index in [-0.39, 0.29) is 17.8 Å². The number of hydrogen-bond donors (Lipinski definition) is 1. The fourth-order valence-corrected chi connectivity index (χ4v) is 2.13. The van der Waals surface area contributed by atoms with Crippen molar-refractivity contribution in [2.24, 2.45) is 17.6 Å². The second kappa shape index (κ2) is 7.29. The van der Waals surface area contributed by atoms with E-state index >= 15 is 0 Å². The first-order valence-corrected chi connectivity index (χ1v) is 6.95. The minimum atomic E-state index is -0.128. The first-order valence-electron chi connectivity index (χ1n) is 6.95. The van der Waals surface area contributed by atoms with Crippen LogP contribution in [-0.2, 0) is 0 Å². The number of rotatable bonds is 7. The number of ketones is 1. The fraction of sp³-hybridized carbons (Fsp3) is 0.562. The molecule has 1 rings (SSSR count). The molecule has 0 spiro atoms. The largest absolute Gasteiger partial charge is 0.490 e. The molecule has 0 saturated carbocycles. The Morgan fingerprint density at radius 3 is 2.37 bits per heavy atom. The summed E-state index contributed by atoms with van der Waals surface area (Å²) in [6, 6.07) is 7.41. The minimum Gasteiger partial charge on any atom is -0.490 e. The number of carbonyl (C=O) groups is 1. The third-order valence-corrected chi connectivity index (χ3v) is 2.93. The van der Waals surface area contributed by atoms with Gasteiger partial charge in [-0.3, -0.25) is 4.79 Å². The SMILES string of the molecule is CC(C)CC(CN)C(=O)c1ccccc1OC(C)C. The zero-order chi connectivity index (χ0) is 14.4. The van der Waals surface area contributed by atoms with Crippen LogP contribution >= 0.6 is 0 Å². The summed E-state index contributed by atoms with van der Waals surface area (Å²) in [4.78, 5) is 12.6. The third kappa shape index (κ3) is 4.67. The minimum absolute atomic E-state index is 0.0513. The van der Waals surface area contributed by atoms with E-state index in [0.717, 1.165) is 6.42 Å². The lowest BCUT2D eigenvalue weighted by atomic mass is 9.89. The molecule has 0 bridgehead atoms. The topological polar surface area (TPSA) is 52.3 Å². The van der Waals surface area contributed by atoms with Crippen LogP contribution < -0.4 is 10.5 Å². The second-order valence-corrected chi connectivity index (χ2v) is 5.59. The molecule has 3 heteroatoms. The molecule has 106 valence electrons. The van der Waals surface area contributed by atoms with Gasteiger partial charge in [0.05, 0.1) is 11.7 Å². The molecule has 1 aromatic rings. The van der Waals surface area contributed by atoms with Crippen molar-refractivity contribution in [3.05, 3.63) is 29.8 Å². The highest BCUT2D eigenvalue weighted by atomic mass is 16.5. The molecule has 0 aliphatic heterocycles. The van der Waals surface area contributed by atoms with Crippen molar-refractivity contribution in [3.63, 3.8) is 0 Å². The summed E-state index contributed by atoms with van der Waals surface area (Å²) in [5, 5.41) is 0. The van der Waals surface area contributed by atoms with Crippen LogP contribution in [0.4, 0.5) is 0 Å². The van der Waals surface area contributed by atoms with Gasteiger partial charge in [-0.2, -0.15) is 0 Å². The normalized spacial score (nSPS) is 12.8. The second-order valence-electron chi connectivity index (χ2n) is 5.59.